The first-order chi connectivity index (χ1) is 8.95. The predicted octanol–water partition coefficient (Wildman–Crippen LogP) is 2.74. The number of nitrogens with one attached hydrogen (secondary N) is 1. The minimum absolute atomic E-state index is 0.0394. The number of aryl methyl sites for hydroxylation is 1. The Kier molecular flexibility index (Phi) is 3.41. The molecule has 0 atom stereocenters. The number of hydrogen-bond donors (Lipinski definition) is 2. The van der Waals surface area contributed by atoms with E-state index in [9.17, 15) is 8.78 Å². The van der Waals surface area contributed by atoms with E-state index in [1.807, 2.05) is 0 Å². The second-order valence-electron chi connectivity index (χ2n) is 3.93. The van der Waals surface area contributed by atoms with Crippen LogP contribution in [-0.2, 0) is 0 Å². The molecular weight excluding hydrogens is 252 g/mol. The van der Waals surface area contributed by atoms with Gasteiger partial charge in [-0.2, -0.15) is 0 Å². The van der Waals surface area contributed by atoms with E-state index >= 15 is 0 Å². The third kappa shape index (κ3) is 3.04. The van der Waals surface area contributed by atoms with Gasteiger partial charge in [0, 0.05) is 23.9 Å². The van der Waals surface area contributed by atoms with Crippen molar-refractivity contribution in [2.24, 2.45) is 5.73 Å². The largest absolute Gasteiger partial charge is 0.438 e. The number of amidine groups is 1. The van der Waals surface area contributed by atoms with Crippen LogP contribution in [-0.4, -0.2) is 10.8 Å². The molecule has 2 rings (SSSR count). The number of nitrogens with zero attached hydrogens (tertiary/aromatic N) is 1. The van der Waals surface area contributed by atoms with Crippen molar-refractivity contribution in [3.05, 3.63) is 53.2 Å². The predicted molar refractivity (Wildman–Crippen MR) is 66.4 cm³/mol. The number of nitrogens with two attached hydrogens (primary N) is 1. The van der Waals surface area contributed by atoms with Gasteiger partial charge in [0.05, 0.1) is 5.56 Å². The van der Waals surface area contributed by atoms with Gasteiger partial charge < -0.3 is 10.5 Å². The smallest absolute Gasteiger partial charge is 0.230 e. The van der Waals surface area contributed by atoms with E-state index in [0.29, 0.717) is 5.69 Å². The molecule has 0 aliphatic carbocycles. The molecule has 0 spiro atoms. The Hall–Kier alpha value is -2.50. The van der Waals surface area contributed by atoms with Crippen LogP contribution in [0.15, 0.2) is 30.3 Å². The minimum Gasteiger partial charge on any atom is -0.438 e. The standard InChI is InChI=1S/C13H11F2N3O/c1-7-2-3-11(12(16)17)13(18-7)19-10-5-8(14)4-9(15)6-10/h2-6H,1H3,(H3,16,17). The third-order valence-corrected chi connectivity index (χ3v) is 2.34. The molecule has 0 fully saturated rings. The molecule has 2 aromatic rings. The molecule has 0 saturated carbocycles. The maximum atomic E-state index is 13.1. The zero-order valence-electron chi connectivity index (χ0n) is 10.1. The summed E-state index contributed by atoms with van der Waals surface area (Å²) in [6.45, 7) is 1.73. The van der Waals surface area contributed by atoms with Crippen LogP contribution in [0.3, 0.4) is 0 Å². The molecule has 0 amide bonds. The Balaban J connectivity index is 2.42. The van der Waals surface area contributed by atoms with Gasteiger partial charge in [0.1, 0.15) is 23.2 Å². The average molecular weight is 263 g/mol. The molecule has 0 unspecified atom stereocenters. The van der Waals surface area contributed by atoms with Crippen molar-refractivity contribution in [2.75, 3.05) is 0 Å². The van der Waals surface area contributed by atoms with Crippen molar-refractivity contribution in [1.82, 2.24) is 4.98 Å². The van der Waals surface area contributed by atoms with Crippen molar-refractivity contribution in [2.45, 2.75) is 6.92 Å². The van der Waals surface area contributed by atoms with Crippen LogP contribution in [0.2, 0.25) is 0 Å². The molecule has 4 nitrogen and oxygen atoms in total. The van der Waals surface area contributed by atoms with Gasteiger partial charge in [-0.15, -0.1) is 0 Å². The van der Waals surface area contributed by atoms with Crippen molar-refractivity contribution >= 4 is 5.84 Å². The van der Waals surface area contributed by atoms with Crippen molar-refractivity contribution in [3.8, 4) is 11.6 Å². The van der Waals surface area contributed by atoms with Crippen LogP contribution in [0.5, 0.6) is 11.6 Å². The quantitative estimate of drug-likeness (QED) is 0.660. The summed E-state index contributed by atoms with van der Waals surface area (Å²) in [6.07, 6.45) is 0. The molecule has 0 radical (unpaired) electrons. The van der Waals surface area contributed by atoms with Crippen molar-refractivity contribution in [3.63, 3.8) is 0 Å². The van der Waals surface area contributed by atoms with E-state index in [1.165, 1.54) is 0 Å². The molecule has 1 aromatic heterocycles. The molecule has 0 bridgehead atoms. The van der Waals surface area contributed by atoms with Gasteiger partial charge in [0.25, 0.3) is 0 Å². The first kappa shape index (κ1) is 12.9. The number of rotatable bonds is 3. The number of ether oxygens (including phenoxy) is 1. The van der Waals surface area contributed by atoms with Gasteiger partial charge in [0.15, 0.2) is 0 Å². The summed E-state index contributed by atoms with van der Waals surface area (Å²) in [5.41, 5.74) is 6.29. The molecular formula is C13H11F2N3O. The molecule has 0 saturated heterocycles. The molecule has 3 N–H and O–H groups in total. The Morgan fingerprint density at radius 1 is 1.21 bits per heavy atom. The fourth-order valence-electron chi connectivity index (χ4n) is 1.51. The van der Waals surface area contributed by atoms with Crippen LogP contribution >= 0.6 is 0 Å². The zero-order chi connectivity index (χ0) is 14.0. The summed E-state index contributed by atoms with van der Waals surface area (Å²) >= 11 is 0. The lowest BCUT2D eigenvalue weighted by Gasteiger charge is -2.10. The summed E-state index contributed by atoms with van der Waals surface area (Å²) in [7, 11) is 0. The van der Waals surface area contributed by atoms with Gasteiger partial charge in [0.2, 0.25) is 5.88 Å². The molecule has 98 valence electrons. The fraction of sp³-hybridized carbons (Fsp3) is 0.0769. The summed E-state index contributed by atoms with van der Waals surface area (Å²) in [6, 6.07) is 6.02. The van der Waals surface area contributed by atoms with E-state index in [4.69, 9.17) is 15.9 Å². The van der Waals surface area contributed by atoms with E-state index in [1.54, 1.807) is 19.1 Å². The van der Waals surface area contributed by atoms with Gasteiger partial charge in [-0.05, 0) is 19.1 Å². The molecule has 6 heteroatoms. The topological polar surface area (TPSA) is 72.0 Å². The highest BCUT2D eigenvalue weighted by atomic mass is 19.1. The molecule has 0 aliphatic rings. The Labute approximate surface area is 108 Å². The Morgan fingerprint density at radius 2 is 1.84 bits per heavy atom. The van der Waals surface area contributed by atoms with E-state index in [0.717, 1.165) is 18.2 Å². The van der Waals surface area contributed by atoms with Crippen LogP contribution in [0.25, 0.3) is 0 Å². The van der Waals surface area contributed by atoms with E-state index in [2.05, 4.69) is 4.98 Å². The van der Waals surface area contributed by atoms with Crippen LogP contribution in [0, 0.1) is 24.0 Å². The summed E-state index contributed by atoms with van der Waals surface area (Å²) in [5, 5.41) is 7.41. The molecule has 0 aliphatic heterocycles. The number of benzene rings is 1. The normalized spacial score (nSPS) is 10.3. The second-order valence-corrected chi connectivity index (χ2v) is 3.93. The lowest BCUT2D eigenvalue weighted by Crippen LogP contribution is -2.13. The summed E-state index contributed by atoms with van der Waals surface area (Å²) in [5.74, 6) is -1.76. The van der Waals surface area contributed by atoms with Gasteiger partial charge >= 0.3 is 0 Å². The average Bonchev–Trinajstić information content (AvgIpc) is 2.26. The maximum Gasteiger partial charge on any atom is 0.230 e. The maximum absolute atomic E-state index is 13.1. The first-order valence-corrected chi connectivity index (χ1v) is 5.41. The van der Waals surface area contributed by atoms with Crippen LogP contribution < -0.4 is 10.5 Å². The highest BCUT2D eigenvalue weighted by molar-refractivity contribution is 5.97. The Morgan fingerprint density at radius 3 is 2.42 bits per heavy atom. The number of pyridine rings is 1. The van der Waals surface area contributed by atoms with E-state index < -0.39 is 11.6 Å². The van der Waals surface area contributed by atoms with Crippen LogP contribution in [0.1, 0.15) is 11.3 Å². The molecule has 1 aromatic carbocycles. The molecule has 19 heavy (non-hydrogen) atoms. The van der Waals surface area contributed by atoms with Crippen molar-refractivity contribution in [1.29, 1.82) is 5.41 Å². The number of aromatic nitrogens is 1. The van der Waals surface area contributed by atoms with Gasteiger partial charge in [-0.1, -0.05) is 0 Å². The SMILES string of the molecule is Cc1ccc(C(=N)N)c(Oc2cc(F)cc(F)c2)n1. The van der Waals surface area contributed by atoms with Gasteiger partial charge in [-0.3, -0.25) is 5.41 Å². The fourth-order valence-corrected chi connectivity index (χ4v) is 1.51. The first-order valence-electron chi connectivity index (χ1n) is 5.41. The second kappa shape index (κ2) is 5.01. The monoisotopic (exact) mass is 263 g/mol. The van der Waals surface area contributed by atoms with E-state index in [-0.39, 0.29) is 23.0 Å². The number of halogens is 2. The molecule has 1 heterocycles. The number of nitrogen functional groups attached to an aromatic ring is 1. The third-order valence-electron chi connectivity index (χ3n) is 2.34. The highest BCUT2D eigenvalue weighted by Gasteiger charge is 2.11. The summed E-state index contributed by atoms with van der Waals surface area (Å²) < 4.78 is 31.4. The lowest BCUT2D eigenvalue weighted by atomic mass is 10.2. The van der Waals surface area contributed by atoms with Crippen LogP contribution in [0.4, 0.5) is 8.78 Å². The van der Waals surface area contributed by atoms with Crippen molar-refractivity contribution < 1.29 is 13.5 Å². The minimum atomic E-state index is -0.757. The Bertz CT molecular complexity index is 624. The van der Waals surface area contributed by atoms with Gasteiger partial charge in [-0.25, -0.2) is 13.8 Å². The highest BCUT2D eigenvalue weighted by Crippen LogP contribution is 2.25. The summed E-state index contributed by atoms with van der Waals surface area (Å²) in [4.78, 5) is 4.06. The zero-order valence-corrected chi connectivity index (χ0v) is 10.1. The lowest BCUT2D eigenvalue weighted by molar-refractivity contribution is 0.449. The number of hydrogen-bond acceptors (Lipinski definition) is 3.